The standard InChI is InChI=1S/C24H20ClN3O3S2/c1-14(2)31-24(30)16-4-3-5-18(10-16)28-20(29)12-33-23-21-19(11-32-22(21)26-13-27-23)15-6-8-17(25)9-7-15/h3-11,13-14H,12H2,1-2H3,(H,28,29). The smallest absolute Gasteiger partial charge is 0.338 e. The number of aromatic nitrogens is 2. The number of thiophene rings is 1. The van der Waals surface area contributed by atoms with Crippen molar-refractivity contribution >= 4 is 62.5 Å². The zero-order valence-electron chi connectivity index (χ0n) is 17.9. The van der Waals surface area contributed by atoms with Crippen LogP contribution in [0, 0.1) is 0 Å². The molecule has 0 unspecified atom stereocenters. The van der Waals surface area contributed by atoms with Gasteiger partial charge in [0.05, 0.1) is 22.8 Å². The van der Waals surface area contributed by atoms with Crippen LogP contribution >= 0.6 is 34.7 Å². The van der Waals surface area contributed by atoms with E-state index in [1.54, 1.807) is 38.1 Å². The quantitative estimate of drug-likeness (QED) is 0.183. The average Bonchev–Trinajstić information content (AvgIpc) is 3.23. The van der Waals surface area contributed by atoms with Gasteiger partial charge in [-0.1, -0.05) is 41.6 Å². The molecule has 0 saturated carbocycles. The first-order valence-corrected chi connectivity index (χ1v) is 12.4. The van der Waals surface area contributed by atoms with Gasteiger partial charge in [0.1, 0.15) is 16.2 Å². The number of carbonyl (C=O) groups excluding carboxylic acids is 2. The molecule has 0 aliphatic carbocycles. The number of esters is 1. The van der Waals surface area contributed by atoms with Crippen LogP contribution in [0.4, 0.5) is 5.69 Å². The van der Waals surface area contributed by atoms with E-state index in [0.717, 1.165) is 26.4 Å². The number of rotatable bonds is 7. The molecule has 4 aromatic rings. The largest absolute Gasteiger partial charge is 0.459 e. The Morgan fingerprint density at radius 3 is 2.70 bits per heavy atom. The van der Waals surface area contributed by atoms with Gasteiger partial charge in [0.15, 0.2) is 0 Å². The van der Waals surface area contributed by atoms with Crippen molar-refractivity contribution in [2.75, 3.05) is 11.1 Å². The third-order valence-electron chi connectivity index (χ3n) is 4.56. The van der Waals surface area contributed by atoms with Gasteiger partial charge >= 0.3 is 5.97 Å². The Hall–Kier alpha value is -2.94. The van der Waals surface area contributed by atoms with E-state index in [1.807, 2.05) is 29.6 Å². The van der Waals surface area contributed by atoms with Gasteiger partial charge in [-0.2, -0.15) is 0 Å². The van der Waals surface area contributed by atoms with Gasteiger partial charge in [-0.05, 0) is 49.7 Å². The van der Waals surface area contributed by atoms with E-state index >= 15 is 0 Å². The van der Waals surface area contributed by atoms with Crippen LogP contribution < -0.4 is 5.32 Å². The Morgan fingerprint density at radius 2 is 1.94 bits per heavy atom. The SMILES string of the molecule is CC(C)OC(=O)c1cccc(NC(=O)CSc2ncnc3scc(-c4ccc(Cl)cc4)c23)c1. The fourth-order valence-electron chi connectivity index (χ4n) is 3.14. The molecule has 2 heterocycles. The minimum absolute atomic E-state index is 0.155. The van der Waals surface area contributed by atoms with Crippen LogP contribution in [-0.2, 0) is 9.53 Å². The summed E-state index contributed by atoms with van der Waals surface area (Å²) in [6, 6.07) is 14.3. The molecule has 0 atom stereocenters. The number of hydrogen-bond donors (Lipinski definition) is 1. The van der Waals surface area contributed by atoms with Crippen molar-refractivity contribution in [2.45, 2.75) is 25.0 Å². The number of nitrogens with one attached hydrogen (secondary N) is 1. The topological polar surface area (TPSA) is 81.2 Å². The minimum Gasteiger partial charge on any atom is -0.459 e. The molecular weight excluding hydrogens is 478 g/mol. The Balaban J connectivity index is 1.48. The van der Waals surface area contributed by atoms with Gasteiger partial charge in [-0.3, -0.25) is 4.79 Å². The number of halogens is 1. The van der Waals surface area contributed by atoms with Crippen molar-refractivity contribution < 1.29 is 14.3 Å². The second-order valence-corrected chi connectivity index (χ2v) is 9.65. The highest BCUT2D eigenvalue weighted by atomic mass is 35.5. The Morgan fingerprint density at radius 1 is 1.15 bits per heavy atom. The van der Waals surface area contributed by atoms with Crippen LogP contribution in [0.3, 0.4) is 0 Å². The molecule has 4 rings (SSSR count). The summed E-state index contributed by atoms with van der Waals surface area (Å²) < 4.78 is 5.21. The van der Waals surface area contributed by atoms with Crippen molar-refractivity contribution in [1.82, 2.24) is 9.97 Å². The highest BCUT2D eigenvalue weighted by Crippen LogP contribution is 2.38. The first-order valence-electron chi connectivity index (χ1n) is 10.1. The number of nitrogens with zero attached hydrogens (tertiary/aromatic N) is 2. The summed E-state index contributed by atoms with van der Waals surface area (Å²) in [5.74, 6) is -0.474. The third-order valence-corrected chi connectivity index (χ3v) is 6.68. The second-order valence-electron chi connectivity index (χ2n) is 7.39. The fraction of sp³-hybridized carbons (Fsp3) is 0.167. The van der Waals surface area contributed by atoms with Gasteiger partial charge in [0, 0.05) is 21.7 Å². The number of thioether (sulfide) groups is 1. The molecular formula is C24H20ClN3O3S2. The first-order chi connectivity index (χ1) is 15.9. The molecule has 1 N–H and O–H groups in total. The summed E-state index contributed by atoms with van der Waals surface area (Å²) >= 11 is 8.90. The molecule has 0 bridgehead atoms. The van der Waals surface area contributed by atoms with E-state index in [1.165, 1.54) is 29.4 Å². The summed E-state index contributed by atoms with van der Waals surface area (Å²) in [7, 11) is 0. The number of fused-ring (bicyclic) bond motifs is 1. The van der Waals surface area contributed by atoms with E-state index in [-0.39, 0.29) is 17.8 Å². The molecule has 2 aromatic heterocycles. The highest BCUT2D eigenvalue weighted by molar-refractivity contribution is 8.00. The number of carbonyl (C=O) groups is 2. The van der Waals surface area contributed by atoms with Gasteiger partial charge in [-0.25, -0.2) is 14.8 Å². The first kappa shape index (κ1) is 23.2. The van der Waals surface area contributed by atoms with Crippen molar-refractivity contribution in [1.29, 1.82) is 0 Å². The van der Waals surface area contributed by atoms with Crippen LogP contribution in [0.15, 0.2) is 65.3 Å². The molecule has 0 fully saturated rings. The maximum absolute atomic E-state index is 12.6. The lowest BCUT2D eigenvalue weighted by Crippen LogP contribution is -2.15. The van der Waals surface area contributed by atoms with Crippen molar-refractivity contribution in [2.24, 2.45) is 0 Å². The van der Waals surface area contributed by atoms with Gasteiger partial charge in [-0.15, -0.1) is 11.3 Å². The van der Waals surface area contributed by atoms with Crippen molar-refractivity contribution in [3.8, 4) is 11.1 Å². The van der Waals surface area contributed by atoms with E-state index in [4.69, 9.17) is 16.3 Å². The summed E-state index contributed by atoms with van der Waals surface area (Å²) in [4.78, 5) is 34.4. The Bertz CT molecular complexity index is 1310. The zero-order chi connectivity index (χ0) is 23.4. The van der Waals surface area contributed by atoms with E-state index < -0.39 is 5.97 Å². The average molecular weight is 498 g/mol. The molecule has 0 aliphatic rings. The normalized spacial score (nSPS) is 11.0. The summed E-state index contributed by atoms with van der Waals surface area (Å²) in [5.41, 5.74) is 2.94. The number of amides is 1. The molecule has 0 radical (unpaired) electrons. The number of hydrogen-bond acceptors (Lipinski definition) is 7. The summed E-state index contributed by atoms with van der Waals surface area (Å²) in [6.45, 7) is 3.58. The van der Waals surface area contributed by atoms with E-state index in [9.17, 15) is 9.59 Å². The second kappa shape index (κ2) is 10.3. The van der Waals surface area contributed by atoms with Crippen LogP contribution in [0.5, 0.6) is 0 Å². The monoisotopic (exact) mass is 497 g/mol. The van der Waals surface area contributed by atoms with E-state index in [0.29, 0.717) is 16.3 Å². The lowest BCUT2D eigenvalue weighted by atomic mass is 10.1. The lowest BCUT2D eigenvalue weighted by molar-refractivity contribution is -0.113. The maximum Gasteiger partial charge on any atom is 0.338 e. The van der Waals surface area contributed by atoms with Crippen LogP contribution in [0.2, 0.25) is 5.02 Å². The zero-order valence-corrected chi connectivity index (χ0v) is 20.3. The Labute approximate surface area is 204 Å². The third kappa shape index (κ3) is 5.71. The van der Waals surface area contributed by atoms with E-state index in [2.05, 4.69) is 15.3 Å². The number of benzene rings is 2. The Kier molecular flexibility index (Phi) is 7.27. The summed E-state index contributed by atoms with van der Waals surface area (Å²) in [6.07, 6.45) is 1.29. The van der Waals surface area contributed by atoms with Gasteiger partial charge < -0.3 is 10.1 Å². The molecule has 168 valence electrons. The summed E-state index contributed by atoms with van der Waals surface area (Å²) in [5, 5.41) is 7.19. The van der Waals surface area contributed by atoms with Gasteiger partial charge in [0.2, 0.25) is 5.91 Å². The maximum atomic E-state index is 12.6. The van der Waals surface area contributed by atoms with Crippen molar-refractivity contribution in [3.05, 3.63) is 70.8 Å². The molecule has 2 aromatic carbocycles. The molecule has 0 aliphatic heterocycles. The predicted octanol–water partition coefficient (Wildman–Crippen LogP) is 6.31. The number of ether oxygens (including phenoxy) is 1. The highest BCUT2D eigenvalue weighted by Gasteiger charge is 2.15. The molecule has 1 amide bonds. The predicted molar refractivity (Wildman–Crippen MR) is 134 cm³/mol. The molecule has 6 nitrogen and oxygen atoms in total. The molecule has 9 heteroatoms. The molecule has 33 heavy (non-hydrogen) atoms. The van der Waals surface area contributed by atoms with Crippen LogP contribution in [0.1, 0.15) is 24.2 Å². The minimum atomic E-state index is -0.425. The fourth-order valence-corrected chi connectivity index (χ4v) is 5.06. The van der Waals surface area contributed by atoms with Gasteiger partial charge in [0.25, 0.3) is 0 Å². The van der Waals surface area contributed by atoms with Crippen LogP contribution in [0.25, 0.3) is 21.3 Å². The van der Waals surface area contributed by atoms with Crippen LogP contribution in [-0.4, -0.2) is 33.7 Å². The van der Waals surface area contributed by atoms with Crippen molar-refractivity contribution in [3.63, 3.8) is 0 Å². The molecule has 0 spiro atoms. The lowest BCUT2D eigenvalue weighted by Gasteiger charge is -2.10. The number of anilines is 1. The molecule has 0 saturated heterocycles.